The number of hydrogen-bond acceptors (Lipinski definition) is 3. The predicted octanol–water partition coefficient (Wildman–Crippen LogP) is 2.66. The standard InChI is InChI=1S/C16H18ClN3O3S/c1-11-2-7-15(14(17)10-11)20-16(21)19-9-8-12-3-5-13(6-4-12)24(18,22)23/h2-7,10H,8-9H2,1H3,(H2,18,22,23)(H2,19,20,21). The van der Waals surface area contributed by atoms with Gasteiger partial charge in [0.25, 0.3) is 0 Å². The summed E-state index contributed by atoms with van der Waals surface area (Å²) in [5.41, 5.74) is 2.43. The molecule has 0 aliphatic heterocycles. The molecule has 0 fully saturated rings. The lowest BCUT2D eigenvalue weighted by atomic mass is 10.1. The van der Waals surface area contributed by atoms with Gasteiger partial charge in [0.1, 0.15) is 0 Å². The number of carbonyl (C=O) groups excluding carboxylic acids is 1. The van der Waals surface area contributed by atoms with Crippen LogP contribution >= 0.6 is 11.6 Å². The van der Waals surface area contributed by atoms with Crippen molar-refractivity contribution in [3.05, 3.63) is 58.6 Å². The van der Waals surface area contributed by atoms with Crippen LogP contribution in [0.3, 0.4) is 0 Å². The van der Waals surface area contributed by atoms with E-state index in [-0.39, 0.29) is 10.9 Å². The van der Waals surface area contributed by atoms with E-state index in [9.17, 15) is 13.2 Å². The first-order valence-electron chi connectivity index (χ1n) is 7.18. The topological polar surface area (TPSA) is 101 Å². The summed E-state index contributed by atoms with van der Waals surface area (Å²) in [5.74, 6) is 0. The van der Waals surface area contributed by atoms with Gasteiger partial charge in [-0.05, 0) is 48.7 Å². The molecule has 2 aromatic carbocycles. The zero-order valence-corrected chi connectivity index (χ0v) is 14.6. The highest BCUT2D eigenvalue weighted by molar-refractivity contribution is 7.89. The number of aryl methyl sites for hydroxylation is 1. The molecule has 0 radical (unpaired) electrons. The normalized spacial score (nSPS) is 11.1. The monoisotopic (exact) mass is 367 g/mol. The van der Waals surface area contributed by atoms with Gasteiger partial charge < -0.3 is 10.6 Å². The van der Waals surface area contributed by atoms with Crippen molar-refractivity contribution in [2.75, 3.05) is 11.9 Å². The Morgan fingerprint density at radius 3 is 2.42 bits per heavy atom. The quantitative estimate of drug-likeness (QED) is 0.757. The van der Waals surface area contributed by atoms with Crippen LogP contribution < -0.4 is 15.8 Å². The Kier molecular flexibility index (Phi) is 5.82. The van der Waals surface area contributed by atoms with Crippen LogP contribution in [0.1, 0.15) is 11.1 Å². The minimum atomic E-state index is -3.69. The fourth-order valence-corrected chi connectivity index (χ4v) is 2.85. The van der Waals surface area contributed by atoms with E-state index in [1.54, 1.807) is 24.3 Å². The Bertz CT molecular complexity index is 836. The molecule has 8 heteroatoms. The van der Waals surface area contributed by atoms with E-state index in [0.717, 1.165) is 11.1 Å². The Morgan fingerprint density at radius 1 is 1.17 bits per heavy atom. The number of hydrogen-bond donors (Lipinski definition) is 3. The number of carbonyl (C=O) groups is 1. The average Bonchev–Trinajstić information content (AvgIpc) is 2.50. The van der Waals surface area contributed by atoms with E-state index in [2.05, 4.69) is 10.6 Å². The van der Waals surface area contributed by atoms with E-state index >= 15 is 0 Å². The van der Waals surface area contributed by atoms with Gasteiger partial charge in [0.05, 0.1) is 15.6 Å². The number of primary sulfonamides is 1. The van der Waals surface area contributed by atoms with Crippen molar-refractivity contribution in [2.45, 2.75) is 18.2 Å². The number of urea groups is 1. The lowest BCUT2D eigenvalue weighted by Crippen LogP contribution is -2.30. The van der Waals surface area contributed by atoms with Crippen molar-refractivity contribution in [3.8, 4) is 0 Å². The number of anilines is 1. The summed E-state index contributed by atoms with van der Waals surface area (Å²) < 4.78 is 22.3. The molecule has 0 unspecified atom stereocenters. The van der Waals surface area contributed by atoms with E-state index < -0.39 is 10.0 Å². The minimum Gasteiger partial charge on any atom is -0.338 e. The van der Waals surface area contributed by atoms with Gasteiger partial charge in [0.2, 0.25) is 10.0 Å². The largest absolute Gasteiger partial charge is 0.338 e. The molecule has 2 amide bonds. The van der Waals surface area contributed by atoms with Crippen LogP contribution in [0.4, 0.5) is 10.5 Å². The maximum absolute atomic E-state index is 11.8. The van der Waals surface area contributed by atoms with Gasteiger partial charge in [-0.3, -0.25) is 0 Å². The molecule has 2 rings (SSSR count). The van der Waals surface area contributed by atoms with Crippen LogP contribution in [0.2, 0.25) is 5.02 Å². The number of halogens is 1. The molecule has 0 spiro atoms. The molecule has 2 aromatic rings. The molecule has 0 aliphatic carbocycles. The highest BCUT2D eigenvalue weighted by atomic mass is 35.5. The van der Waals surface area contributed by atoms with Gasteiger partial charge >= 0.3 is 6.03 Å². The smallest absolute Gasteiger partial charge is 0.319 e. The molecule has 0 aliphatic rings. The Morgan fingerprint density at radius 2 is 1.83 bits per heavy atom. The lowest BCUT2D eigenvalue weighted by Gasteiger charge is -2.09. The number of amides is 2. The summed E-state index contributed by atoms with van der Waals surface area (Å²) >= 11 is 6.05. The van der Waals surface area contributed by atoms with Gasteiger partial charge in [-0.2, -0.15) is 0 Å². The van der Waals surface area contributed by atoms with Crippen LogP contribution in [0.15, 0.2) is 47.4 Å². The van der Waals surface area contributed by atoms with E-state index in [1.807, 2.05) is 13.0 Å². The third-order valence-corrected chi connectivity index (χ3v) is 4.57. The Hall–Kier alpha value is -2.09. The fraction of sp³-hybridized carbons (Fsp3) is 0.188. The summed E-state index contributed by atoms with van der Waals surface area (Å²) in [6.45, 7) is 2.31. The summed E-state index contributed by atoms with van der Waals surface area (Å²) in [4.78, 5) is 11.9. The van der Waals surface area contributed by atoms with Gasteiger partial charge in [-0.15, -0.1) is 0 Å². The van der Waals surface area contributed by atoms with Crippen LogP contribution in [0.25, 0.3) is 0 Å². The number of benzene rings is 2. The van der Waals surface area contributed by atoms with Gasteiger partial charge in [-0.25, -0.2) is 18.4 Å². The number of nitrogens with two attached hydrogens (primary N) is 1. The molecule has 4 N–H and O–H groups in total. The molecular formula is C16H18ClN3O3S. The SMILES string of the molecule is Cc1ccc(NC(=O)NCCc2ccc(S(N)(=O)=O)cc2)c(Cl)c1. The number of nitrogens with one attached hydrogen (secondary N) is 2. The summed E-state index contributed by atoms with van der Waals surface area (Å²) in [6.07, 6.45) is 0.556. The number of rotatable bonds is 5. The van der Waals surface area contributed by atoms with Crippen LogP contribution in [-0.4, -0.2) is 21.0 Å². The maximum Gasteiger partial charge on any atom is 0.319 e. The molecule has 0 saturated heterocycles. The molecule has 0 atom stereocenters. The molecule has 6 nitrogen and oxygen atoms in total. The highest BCUT2D eigenvalue weighted by Gasteiger charge is 2.08. The highest BCUT2D eigenvalue weighted by Crippen LogP contribution is 2.22. The van der Waals surface area contributed by atoms with E-state index in [1.165, 1.54) is 12.1 Å². The first kappa shape index (κ1) is 18.3. The lowest BCUT2D eigenvalue weighted by molar-refractivity contribution is 0.252. The fourth-order valence-electron chi connectivity index (χ4n) is 2.05. The summed E-state index contributed by atoms with van der Waals surface area (Å²) in [5, 5.41) is 10.9. The third-order valence-electron chi connectivity index (χ3n) is 3.32. The van der Waals surface area contributed by atoms with E-state index in [0.29, 0.717) is 23.7 Å². The maximum atomic E-state index is 11.8. The van der Waals surface area contributed by atoms with Gasteiger partial charge in [0, 0.05) is 6.54 Å². The second kappa shape index (κ2) is 7.65. The van der Waals surface area contributed by atoms with Crippen LogP contribution in [0.5, 0.6) is 0 Å². The Labute approximate surface area is 146 Å². The average molecular weight is 368 g/mol. The second-order valence-electron chi connectivity index (χ2n) is 5.30. The van der Waals surface area contributed by atoms with Crippen molar-refractivity contribution >= 4 is 33.3 Å². The summed E-state index contributed by atoms with van der Waals surface area (Å²) in [7, 11) is -3.69. The zero-order valence-electron chi connectivity index (χ0n) is 13.0. The molecule has 128 valence electrons. The third kappa shape index (κ3) is 5.23. The molecule has 0 aromatic heterocycles. The van der Waals surface area contributed by atoms with E-state index in [4.69, 9.17) is 16.7 Å². The summed E-state index contributed by atoms with van der Waals surface area (Å²) in [6, 6.07) is 11.2. The van der Waals surface area contributed by atoms with Crippen LogP contribution in [-0.2, 0) is 16.4 Å². The molecular weight excluding hydrogens is 350 g/mol. The zero-order chi connectivity index (χ0) is 17.7. The second-order valence-corrected chi connectivity index (χ2v) is 7.27. The Balaban J connectivity index is 1.84. The van der Waals surface area contributed by atoms with Crippen molar-refractivity contribution < 1.29 is 13.2 Å². The van der Waals surface area contributed by atoms with Crippen molar-refractivity contribution in [1.29, 1.82) is 0 Å². The van der Waals surface area contributed by atoms with Crippen molar-refractivity contribution in [2.24, 2.45) is 5.14 Å². The molecule has 24 heavy (non-hydrogen) atoms. The minimum absolute atomic E-state index is 0.0611. The molecule has 0 bridgehead atoms. The van der Waals surface area contributed by atoms with Gasteiger partial charge in [-0.1, -0.05) is 29.8 Å². The number of sulfonamides is 1. The molecule has 0 heterocycles. The molecule has 0 saturated carbocycles. The van der Waals surface area contributed by atoms with Crippen molar-refractivity contribution in [1.82, 2.24) is 5.32 Å². The van der Waals surface area contributed by atoms with Crippen LogP contribution in [0, 0.1) is 6.92 Å². The predicted molar refractivity (Wildman–Crippen MR) is 94.7 cm³/mol. The van der Waals surface area contributed by atoms with Gasteiger partial charge in [0.15, 0.2) is 0 Å². The van der Waals surface area contributed by atoms with Crippen molar-refractivity contribution in [3.63, 3.8) is 0 Å². The first-order valence-corrected chi connectivity index (χ1v) is 9.11. The first-order chi connectivity index (χ1) is 11.3.